The Kier molecular flexibility index (Phi) is 4.91. The van der Waals surface area contributed by atoms with Crippen LogP contribution in [0.4, 0.5) is 13.2 Å². The fourth-order valence-corrected chi connectivity index (χ4v) is 2.93. The van der Waals surface area contributed by atoms with E-state index in [1.165, 1.54) is 11.6 Å². The summed E-state index contributed by atoms with van der Waals surface area (Å²) in [5.74, 6) is -0.110. The van der Waals surface area contributed by atoms with E-state index in [1.807, 2.05) is 18.4 Å². The van der Waals surface area contributed by atoms with Gasteiger partial charge in [0.15, 0.2) is 11.5 Å². The SMILES string of the molecule is CSc1ccc(-c2cc(C(F)(F)F)nn2-c2ccc(C(C)=O)cc2)cc1. The van der Waals surface area contributed by atoms with Crippen LogP contribution in [-0.4, -0.2) is 21.8 Å². The van der Waals surface area contributed by atoms with Crippen molar-refractivity contribution >= 4 is 17.5 Å². The number of carbonyl (C=O) groups is 1. The standard InChI is InChI=1S/C19H15F3N2OS/c1-12(25)13-3-7-15(8-4-13)24-17(11-18(23-24)19(20,21)22)14-5-9-16(26-2)10-6-14/h3-11H,1-2H3. The number of alkyl halides is 3. The fraction of sp³-hybridized carbons (Fsp3) is 0.158. The first kappa shape index (κ1) is 18.3. The zero-order valence-corrected chi connectivity index (χ0v) is 14.9. The van der Waals surface area contributed by atoms with Crippen LogP contribution < -0.4 is 0 Å². The molecule has 1 aromatic heterocycles. The molecule has 0 aliphatic carbocycles. The molecule has 0 aliphatic rings. The normalized spacial score (nSPS) is 11.6. The summed E-state index contributed by atoms with van der Waals surface area (Å²) in [7, 11) is 0. The van der Waals surface area contributed by atoms with E-state index in [9.17, 15) is 18.0 Å². The number of benzene rings is 2. The first-order valence-electron chi connectivity index (χ1n) is 7.72. The van der Waals surface area contributed by atoms with E-state index < -0.39 is 11.9 Å². The van der Waals surface area contributed by atoms with Crippen LogP contribution in [0, 0.1) is 0 Å². The first-order valence-corrected chi connectivity index (χ1v) is 8.95. The number of Topliss-reactive ketones (excluding diaryl/α,β-unsaturated/α-hetero) is 1. The van der Waals surface area contributed by atoms with Crippen LogP contribution in [0.1, 0.15) is 23.0 Å². The second-order valence-electron chi connectivity index (χ2n) is 5.66. The van der Waals surface area contributed by atoms with Crippen molar-refractivity contribution in [2.75, 3.05) is 6.26 Å². The molecule has 134 valence electrons. The van der Waals surface area contributed by atoms with Crippen molar-refractivity contribution in [1.29, 1.82) is 0 Å². The van der Waals surface area contributed by atoms with Crippen LogP contribution >= 0.6 is 11.8 Å². The molecule has 1 heterocycles. The molecular weight excluding hydrogens is 361 g/mol. The number of hydrogen-bond donors (Lipinski definition) is 0. The van der Waals surface area contributed by atoms with Gasteiger partial charge in [-0.3, -0.25) is 4.79 Å². The monoisotopic (exact) mass is 376 g/mol. The van der Waals surface area contributed by atoms with Crippen LogP contribution in [0.15, 0.2) is 59.5 Å². The van der Waals surface area contributed by atoms with Crippen molar-refractivity contribution in [2.24, 2.45) is 0 Å². The molecule has 0 amide bonds. The van der Waals surface area contributed by atoms with Gasteiger partial charge in [-0.1, -0.05) is 12.1 Å². The molecule has 0 unspecified atom stereocenters. The van der Waals surface area contributed by atoms with Gasteiger partial charge in [-0.15, -0.1) is 11.8 Å². The van der Waals surface area contributed by atoms with Crippen LogP contribution in [0.3, 0.4) is 0 Å². The molecule has 0 spiro atoms. The molecule has 0 fully saturated rings. The fourth-order valence-electron chi connectivity index (χ4n) is 2.52. The Balaban J connectivity index is 2.13. The molecule has 0 radical (unpaired) electrons. The summed E-state index contributed by atoms with van der Waals surface area (Å²) in [5.41, 5.74) is 0.941. The van der Waals surface area contributed by atoms with Crippen molar-refractivity contribution in [2.45, 2.75) is 18.0 Å². The van der Waals surface area contributed by atoms with Gasteiger partial charge in [0.2, 0.25) is 0 Å². The number of carbonyl (C=O) groups excluding carboxylic acids is 1. The van der Waals surface area contributed by atoms with Gasteiger partial charge in [0.05, 0.1) is 11.4 Å². The summed E-state index contributed by atoms with van der Waals surface area (Å²) in [6, 6.07) is 14.6. The highest BCUT2D eigenvalue weighted by Crippen LogP contribution is 2.33. The molecule has 3 nitrogen and oxygen atoms in total. The molecule has 0 saturated heterocycles. The van der Waals surface area contributed by atoms with E-state index in [2.05, 4.69) is 5.10 Å². The van der Waals surface area contributed by atoms with Crippen LogP contribution in [0.2, 0.25) is 0 Å². The number of halogens is 3. The summed E-state index contributed by atoms with van der Waals surface area (Å²) in [5, 5.41) is 3.75. The van der Waals surface area contributed by atoms with Crippen LogP contribution in [0.5, 0.6) is 0 Å². The van der Waals surface area contributed by atoms with Gasteiger partial charge in [-0.05, 0) is 55.6 Å². The Morgan fingerprint density at radius 1 is 1.04 bits per heavy atom. The van der Waals surface area contributed by atoms with Gasteiger partial charge in [0.25, 0.3) is 0 Å². The Hall–Kier alpha value is -2.54. The van der Waals surface area contributed by atoms with E-state index in [1.54, 1.807) is 48.2 Å². The Morgan fingerprint density at radius 2 is 1.65 bits per heavy atom. The van der Waals surface area contributed by atoms with E-state index in [0.717, 1.165) is 11.0 Å². The highest BCUT2D eigenvalue weighted by Gasteiger charge is 2.35. The highest BCUT2D eigenvalue weighted by atomic mass is 32.2. The summed E-state index contributed by atoms with van der Waals surface area (Å²) in [6.07, 6.45) is -2.61. The predicted molar refractivity (Wildman–Crippen MR) is 95.8 cm³/mol. The number of hydrogen-bond acceptors (Lipinski definition) is 3. The molecule has 3 aromatic rings. The van der Waals surface area contributed by atoms with E-state index in [-0.39, 0.29) is 5.78 Å². The van der Waals surface area contributed by atoms with Crippen molar-refractivity contribution in [1.82, 2.24) is 9.78 Å². The van der Waals surface area contributed by atoms with Crippen molar-refractivity contribution in [3.8, 4) is 16.9 Å². The molecule has 2 aromatic carbocycles. The molecule has 0 atom stereocenters. The maximum absolute atomic E-state index is 13.2. The third-order valence-corrected chi connectivity index (χ3v) is 4.65. The topological polar surface area (TPSA) is 34.9 Å². The average Bonchev–Trinajstić information content (AvgIpc) is 3.07. The first-order chi connectivity index (χ1) is 12.3. The number of aromatic nitrogens is 2. The van der Waals surface area contributed by atoms with E-state index in [4.69, 9.17) is 0 Å². The number of nitrogens with zero attached hydrogens (tertiary/aromatic N) is 2. The second-order valence-corrected chi connectivity index (χ2v) is 6.54. The van der Waals surface area contributed by atoms with E-state index in [0.29, 0.717) is 22.5 Å². The minimum absolute atomic E-state index is 0.110. The summed E-state index contributed by atoms with van der Waals surface area (Å²) < 4.78 is 40.8. The Labute approximate surface area is 152 Å². The quantitative estimate of drug-likeness (QED) is 0.447. The minimum atomic E-state index is -4.54. The third-order valence-electron chi connectivity index (χ3n) is 3.90. The van der Waals surface area contributed by atoms with Gasteiger partial charge >= 0.3 is 6.18 Å². The molecular formula is C19H15F3N2OS. The molecule has 26 heavy (non-hydrogen) atoms. The largest absolute Gasteiger partial charge is 0.435 e. The van der Waals surface area contributed by atoms with Gasteiger partial charge in [0, 0.05) is 16.0 Å². The highest BCUT2D eigenvalue weighted by molar-refractivity contribution is 7.98. The van der Waals surface area contributed by atoms with Gasteiger partial charge in [0.1, 0.15) is 0 Å². The lowest BCUT2D eigenvalue weighted by molar-refractivity contribution is -0.141. The van der Waals surface area contributed by atoms with Gasteiger partial charge < -0.3 is 0 Å². The smallest absolute Gasteiger partial charge is 0.295 e. The average molecular weight is 376 g/mol. The molecule has 0 bridgehead atoms. The number of ketones is 1. The maximum Gasteiger partial charge on any atom is 0.435 e. The van der Waals surface area contributed by atoms with Gasteiger partial charge in [-0.2, -0.15) is 18.3 Å². The lowest BCUT2D eigenvalue weighted by Gasteiger charge is -2.09. The van der Waals surface area contributed by atoms with Crippen LogP contribution in [0.25, 0.3) is 16.9 Å². The zero-order chi connectivity index (χ0) is 18.9. The third kappa shape index (κ3) is 3.67. The Bertz CT molecular complexity index is 929. The predicted octanol–water partition coefficient (Wildman–Crippen LogP) is 5.48. The molecule has 0 saturated carbocycles. The lowest BCUT2D eigenvalue weighted by Crippen LogP contribution is -2.07. The second kappa shape index (κ2) is 6.99. The van der Waals surface area contributed by atoms with Gasteiger partial charge in [-0.25, -0.2) is 4.68 Å². The molecule has 3 rings (SSSR count). The summed E-state index contributed by atoms with van der Waals surface area (Å²) in [4.78, 5) is 12.4. The maximum atomic E-state index is 13.2. The minimum Gasteiger partial charge on any atom is -0.295 e. The molecule has 0 N–H and O–H groups in total. The van der Waals surface area contributed by atoms with Crippen molar-refractivity contribution in [3.05, 3.63) is 65.9 Å². The summed E-state index contributed by atoms with van der Waals surface area (Å²) >= 11 is 1.55. The van der Waals surface area contributed by atoms with Crippen molar-refractivity contribution in [3.63, 3.8) is 0 Å². The van der Waals surface area contributed by atoms with E-state index >= 15 is 0 Å². The number of rotatable bonds is 4. The number of thioether (sulfide) groups is 1. The van der Waals surface area contributed by atoms with Crippen molar-refractivity contribution < 1.29 is 18.0 Å². The lowest BCUT2D eigenvalue weighted by atomic mass is 10.1. The van der Waals surface area contributed by atoms with Crippen LogP contribution in [-0.2, 0) is 6.18 Å². The zero-order valence-electron chi connectivity index (χ0n) is 14.0. The summed E-state index contributed by atoms with van der Waals surface area (Å²) in [6.45, 7) is 1.43. The molecule has 0 aliphatic heterocycles. The Morgan fingerprint density at radius 3 is 2.15 bits per heavy atom. The molecule has 7 heteroatoms.